The van der Waals surface area contributed by atoms with Gasteiger partial charge >= 0.3 is 0 Å². The number of hydrogen-bond donors (Lipinski definition) is 0. The molecule has 3 heterocycles. The minimum absolute atomic E-state index is 0.657. The maximum atomic E-state index is 5.72. The average Bonchev–Trinajstić information content (AvgIpc) is 2.85. The zero-order chi connectivity index (χ0) is 13.5. The van der Waals surface area contributed by atoms with E-state index in [0.29, 0.717) is 5.71 Å². The first kappa shape index (κ1) is 11.2. The lowest BCUT2D eigenvalue weighted by Crippen LogP contribution is -1.82. The molecule has 0 amide bonds. The van der Waals surface area contributed by atoms with Gasteiger partial charge in [0.1, 0.15) is 5.58 Å². The summed E-state index contributed by atoms with van der Waals surface area (Å²) < 4.78 is 5.72. The van der Waals surface area contributed by atoms with Crippen molar-refractivity contribution < 1.29 is 4.42 Å². The van der Waals surface area contributed by atoms with Crippen molar-refractivity contribution in [3.05, 3.63) is 60.6 Å². The fourth-order valence-electron chi connectivity index (χ4n) is 2.49. The van der Waals surface area contributed by atoms with Crippen molar-refractivity contribution >= 4 is 22.1 Å². The SMILES string of the molecule is Cc1cccc(-c2cnc3oc4ccncc4c3c2)c1. The summed E-state index contributed by atoms with van der Waals surface area (Å²) in [7, 11) is 0. The lowest BCUT2D eigenvalue weighted by atomic mass is 10.0. The third-order valence-electron chi connectivity index (χ3n) is 3.48. The highest BCUT2D eigenvalue weighted by Gasteiger charge is 2.09. The molecule has 0 unspecified atom stereocenters. The fraction of sp³-hybridized carbons (Fsp3) is 0.0588. The molecule has 0 aliphatic heterocycles. The van der Waals surface area contributed by atoms with Crippen molar-refractivity contribution in [2.75, 3.05) is 0 Å². The van der Waals surface area contributed by atoms with Crippen molar-refractivity contribution in [1.82, 2.24) is 9.97 Å². The van der Waals surface area contributed by atoms with Crippen molar-refractivity contribution in [2.24, 2.45) is 0 Å². The number of aryl methyl sites for hydroxylation is 1. The quantitative estimate of drug-likeness (QED) is 0.510. The van der Waals surface area contributed by atoms with E-state index in [9.17, 15) is 0 Å². The third-order valence-corrected chi connectivity index (χ3v) is 3.48. The molecular formula is C17H12N2O. The first-order valence-electron chi connectivity index (χ1n) is 6.50. The second-order valence-corrected chi connectivity index (χ2v) is 4.92. The molecule has 96 valence electrons. The second kappa shape index (κ2) is 4.17. The number of fused-ring (bicyclic) bond motifs is 3. The molecule has 4 aromatic rings. The van der Waals surface area contributed by atoms with Crippen LogP contribution in [0.4, 0.5) is 0 Å². The third kappa shape index (κ3) is 1.67. The summed E-state index contributed by atoms with van der Waals surface area (Å²) in [5.74, 6) is 0. The van der Waals surface area contributed by atoms with E-state index in [1.165, 1.54) is 5.56 Å². The Kier molecular flexibility index (Phi) is 2.33. The lowest BCUT2D eigenvalue weighted by Gasteiger charge is -2.02. The number of rotatable bonds is 1. The largest absolute Gasteiger partial charge is 0.438 e. The van der Waals surface area contributed by atoms with Gasteiger partial charge in [-0.1, -0.05) is 29.8 Å². The van der Waals surface area contributed by atoms with Crippen LogP contribution in [0.15, 0.2) is 59.4 Å². The van der Waals surface area contributed by atoms with Crippen molar-refractivity contribution in [1.29, 1.82) is 0 Å². The summed E-state index contributed by atoms with van der Waals surface area (Å²) in [5.41, 5.74) is 4.97. The summed E-state index contributed by atoms with van der Waals surface area (Å²) in [5, 5.41) is 2.01. The molecule has 0 bridgehead atoms. The van der Waals surface area contributed by atoms with Gasteiger partial charge in [0, 0.05) is 29.5 Å². The molecule has 0 saturated carbocycles. The topological polar surface area (TPSA) is 38.9 Å². The molecule has 0 fully saturated rings. The fourth-order valence-corrected chi connectivity index (χ4v) is 2.49. The van der Waals surface area contributed by atoms with Gasteiger partial charge in [-0.05, 0) is 24.6 Å². The van der Waals surface area contributed by atoms with E-state index >= 15 is 0 Å². The minimum Gasteiger partial charge on any atom is -0.438 e. The van der Waals surface area contributed by atoms with E-state index in [0.717, 1.165) is 27.5 Å². The molecule has 20 heavy (non-hydrogen) atoms. The number of hydrogen-bond acceptors (Lipinski definition) is 3. The minimum atomic E-state index is 0.657. The molecule has 0 aliphatic rings. The normalized spacial score (nSPS) is 11.2. The number of pyridine rings is 2. The van der Waals surface area contributed by atoms with Gasteiger partial charge in [0.2, 0.25) is 5.71 Å². The van der Waals surface area contributed by atoms with Crippen LogP contribution < -0.4 is 0 Å². The monoisotopic (exact) mass is 260 g/mol. The van der Waals surface area contributed by atoms with Gasteiger partial charge in [-0.3, -0.25) is 4.98 Å². The van der Waals surface area contributed by atoms with Crippen LogP contribution in [-0.2, 0) is 0 Å². The Balaban J connectivity index is 2.00. The van der Waals surface area contributed by atoms with E-state index < -0.39 is 0 Å². The van der Waals surface area contributed by atoms with Crippen molar-refractivity contribution in [3.63, 3.8) is 0 Å². The Hall–Kier alpha value is -2.68. The van der Waals surface area contributed by atoms with Gasteiger partial charge in [0.05, 0.1) is 5.39 Å². The Morgan fingerprint density at radius 1 is 0.950 bits per heavy atom. The van der Waals surface area contributed by atoms with E-state index in [2.05, 4.69) is 47.2 Å². The van der Waals surface area contributed by atoms with Gasteiger partial charge in [-0.25, -0.2) is 4.98 Å². The van der Waals surface area contributed by atoms with Crippen LogP contribution in [0.1, 0.15) is 5.56 Å². The van der Waals surface area contributed by atoms with Gasteiger partial charge in [0.25, 0.3) is 0 Å². The maximum absolute atomic E-state index is 5.72. The molecule has 0 atom stereocenters. The van der Waals surface area contributed by atoms with Gasteiger partial charge in [-0.2, -0.15) is 0 Å². The predicted octanol–water partition coefficient (Wildman–Crippen LogP) is 4.35. The highest BCUT2D eigenvalue weighted by Crippen LogP contribution is 2.30. The molecule has 0 spiro atoms. The molecule has 0 N–H and O–H groups in total. The van der Waals surface area contributed by atoms with Crippen LogP contribution in [0.3, 0.4) is 0 Å². The summed E-state index contributed by atoms with van der Waals surface area (Å²) in [6.45, 7) is 2.09. The maximum Gasteiger partial charge on any atom is 0.227 e. The summed E-state index contributed by atoms with van der Waals surface area (Å²) in [6.07, 6.45) is 5.40. The van der Waals surface area contributed by atoms with E-state index in [-0.39, 0.29) is 0 Å². The Morgan fingerprint density at radius 3 is 2.80 bits per heavy atom. The lowest BCUT2D eigenvalue weighted by molar-refractivity contribution is 0.654. The highest BCUT2D eigenvalue weighted by atomic mass is 16.3. The van der Waals surface area contributed by atoms with Crippen LogP contribution >= 0.6 is 0 Å². The van der Waals surface area contributed by atoms with E-state index in [1.807, 2.05) is 18.5 Å². The molecule has 0 aliphatic carbocycles. The zero-order valence-electron chi connectivity index (χ0n) is 11.0. The molecule has 3 nitrogen and oxygen atoms in total. The van der Waals surface area contributed by atoms with Crippen LogP contribution in [0.25, 0.3) is 33.2 Å². The molecule has 3 heteroatoms. The molecule has 3 aromatic heterocycles. The molecule has 0 radical (unpaired) electrons. The molecule has 1 aromatic carbocycles. The van der Waals surface area contributed by atoms with Crippen LogP contribution in [-0.4, -0.2) is 9.97 Å². The number of nitrogens with zero attached hydrogens (tertiary/aromatic N) is 2. The Bertz CT molecular complexity index is 924. The Morgan fingerprint density at radius 2 is 1.90 bits per heavy atom. The van der Waals surface area contributed by atoms with E-state index in [1.54, 1.807) is 6.20 Å². The number of benzene rings is 1. The summed E-state index contributed by atoms with van der Waals surface area (Å²) in [4.78, 5) is 8.59. The first-order chi connectivity index (χ1) is 9.81. The smallest absolute Gasteiger partial charge is 0.227 e. The van der Waals surface area contributed by atoms with Crippen molar-refractivity contribution in [3.8, 4) is 11.1 Å². The van der Waals surface area contributed by atoms with Crippen LogP contribution in [0.2, 0.25) is 0 Å². The van der Waals surface area contributed by atoms with Crippen LogP contribution in [0.5, 0.6) is 0 Å². The van der Waals surface area contributed by atoms with E-state index in [4.69, 9.17) is 4.42 Å². The predicted molar refractivity (Wildman–Crippen MR) is 79.5 cm³/mol. The number of aromatic nitrogens is 2. The highest BCUT2D eigenvalue weighted by molar-refractivity contribution is 6.04. The molecular weight excluding hydrogens is 248 g/mol. The number of furan rings is 1. The molecule has 4 rings (SSSR count). The van der Waals surface area contributed by atoms with Gasteiger partial charge in [0.15, 0.2) is 0 Å². The standard InChI is InChI=1S/C17H12N2O/c1-11-3-2-4-12(7-11)13-8-14-15-10-18-6-5-16(15)20-17(14)19-9-13/h2-10H,1H3. The van der Waals surface area contributed by atoms with Gasteiger partial charge in [-0.15, -0.1) is 0 Å². The average molecular weight is 260 g/mol. The Labute approximate surface area is 115 Å². The second-order valence-electron chi connectivity index (χ2n) is 4.92. The zero-order valence-corrected chi connectivity index (χ0v) is 11.0. The summed E-state index contributed by atoms with van der Waals surface area (Å²) >= 11 is 0. The van der Waals surface area contributed by atoms with Crippen molar-refractivity contribution in [2.45, 2.75) is 6.92 Å². The van der Waals surface area contributed by atoms with Gasteiger partial charge < -0.3 is 4.42 Å². The van der Waals surface area contributed by atoms with Crippen LogP contribution in [0, 0.1) is 6.92 Å². The first-order valence-corrected chi connectivity index (χ1v) is 6.50. The summed E-state index contributed by atoms with van der Waals surface area (Å²) in [6, 6.07) is 12.4. The molecule has 0 saturated heterocycles.